The second-order valence-corrected chi connectivity index (χ2v) is 7.61. The summed E-state index contributed by atoms with van der Waals surface area (Å²) in [4.78, 5) is 29.5. The zero-order chi connectivity index (χ0) is 20.2. The lowest BCUT2D eigenvalue weighted by Gasteiger charge is -2.28. The summed E-state index contributed by atoms with van der Waals surface area (Å²) in [7, 11) is 1.80. The highest BCUT2D eigenvalue weighted by Gasteiger charge is 2.25. The van der Waals surface area contributed by atoms with Gasteiger partial charge < -0.3 is 14.5 Å². The van der Waals surface area contributed by atoms with Gasteiger partial charge in [-0.1, -0.05) is 36.4 Å². The van der Waals surface area contributed by atoms with E-state index in [0.29, 0.717) is 19.7 Å². The number of ether oxygens (including phenoxy) is 1. The van der Waals surface area contributed by atoms with Gasteiger partial charge in [-0.05, 0) is 42.5 Å². The van der Waals surface area contributed by atoms with Crippen LogP contribution in [0.2, 0.25) is 0 Å². The van der Waals surface area contributed by atoms with Gasteiger partial charge in [0.1, 0.15) is 13.2 Å². The second-order valence-electron chi connectivity index (χ2n) is 7.61. The van der Waals surface area contributed by atoms with E-state index >= 15 is 0 Å². The molecule has 0 N–H and O–H groups in total. The van der Waals surface area contributed by atoms with Crippen molar-refractivity contribution >= 4 is 23.4 Å². The summed E-state index contributed by atoms with van der Waals surface area (Å²) in [6.45, 7) is 2.41. The molecule has 0 aromatic heterocycles. The van der Waals surface area contributed by atoms with Crippen molar-refractivity contribution in [3.63, 3.8) is 0 Å². The van der Waals surface area contributed by atoms with Gasteiger partial charge in [0, 0.05) is 31.5 Å². The zero-order valence-electron chi connectivity index (χ0n) is 16.8. The number of benzene rings is 2. The summed E-state index contributed by atoms with van der Waals surface area (Å²) < 4.78 is 4.89. The number of likely N-dealkylation sites (N-methyl/N-ethyl adjacent to an activating group) is 1. The molecule has 0 spiro atoms. The Kier molecular flexibility index (Phi) is 5.69. The summed E-state index contributed by atoms with van der Waals surface area (Å²) in [5.41, 5.74) is 5.24. The van der Waals surface area contributed by atoms with Gasteiger partial charge in [0.05, 0.1) is 6.54 Å². The molecule has 152 valence electrons. The third kappa shape index (κ3) is 4.21. The Bertz CT molecular complexity index is 851. The Balaban J connectivity index is 1.41. The van der Waals surface area contributed by atoms with Gasteiger partial charge in [0.25, 0.3) is 0 Å². The van der Waals surface area contributed by atoms with E-state index in [0.717, 1.165) is 25.8 Å². The molecule has 0 bridgehead atoms. The molecule has 0 saturated carbocycles. The van der Waals surface area contributed by atoms with Gasteiger partial charge in [-0.25, -0.2) is 4.79 Å². The van der Waals surface area contributed by atoms with E-state index in [1.54, 1.807) is 11.9 Å². The van der Waals surface area contributed by atoms with Crippen LogP contribution in [-0.2, 0) is 22.4 Å². The molecule has 2 aromatic carbocycles. The van der Waals surface area contributed by atoms with E-state index in [1.807, 2.05) is 0 Å². The van der Waals surface area contributed by atoms with Gasteiger partial charge in [-0.15, -0.1) is 0 Å². The van der Waals surface area contributed by atoms with E-state index in [-0.39, 0.29) is 12.5 Å². The average molecular weight is 393 g/mol. The maximum atomic E-state index is 12.4. The molecule has 0 unspecified atom stereocenters. The van der Waals surface area contributed by atoms with Crippen molar-refractivity contribution in [2.24, 2.45) is 0 Å². The first kappa shape index (κ1) is 19.3. The molecule has 2 amide bonds. The van der Waals surface area contributed by atoms with Gasteiger partial charge in [-0.2, -0.15) is 0 Å². The SMILES string of the molecule is CN(CCCN1c2ccccc2CCc2ccccc21)C(=O)CN1CCOC1=O. The van der Waals surface area contributed by atoms with Gasteiger partial charge >= 0.3 is 6.09 Å². The largest absolute Gasteiger partial charge is 0.448 e. The highest BCUT2D eigenvalue weighted by atomic mass is 16.6. The number of hydrogen-bond donors (Lipinski definition) is 0. The predicted molar refractivity (Wildman–Crippen MR) is 112 cm³/mol. The number of fused-ring (bicyclic) bond motifs is 2. The molecule has 0 atom stereocenters. The maximum Gasteiger partial charge on any atom is 0.410 e. The molecule has 2 aliphatic rings. The number of anilines is 2. The number of aryl methyl sites for hydroxylation is 2. The first-order valence-corrected chi connectivity index (χ1v) is 10.2. The van der Waals surface area contributed by atoms with E-state index in [2.05, 4.69) is 53.4 Å². The number of carbonyl (C=O) groups excluding carboxylic acids is 2. The molecule has 0 radical (unpaired) electrons. The lowest BCUT2D eigenvalue weighted by atomic mass is 10.0. The smallest absolute Gasteiger partial charge is 0.410 e. The Morgan fingerprint density at radius 2 is 1.66 bits per heavy atom. The van der Waals surface area contributed by atoms with Crippen LogP contribution in [0.4, 0.5) is 16.2 Å². The number of amides is 2. The van der Waals surface area contributed by atoms with Crippen molar-refractivity contribution < 1.29 is 14.3 Å². The Morgan fingerprint density at radius 1 is 1.03 bits per heavy atom. The van der Waals surface area contributed by atoms with E-state index in [9.17, 15) is 9.59 Å². The third-order valence-corrected chi connectivity index (χ3v) is 5.70. The molecule has 4 rings (SSSR count). The van der Waals surface area contributed by atoms with Crippen molar-refractivity contribution in [2.75, 3.05) is 44.7 Å². The fraction of sp³-hybridized carbons (Fsp3) is 0.391. The molecule has 1 saturated heterocycles. The molecular weight excluding hydrogens is 366 g/mol. The van der Waals surface area contributed by atoms with Gasteiger partial charge in [0.15, 0.2) is 0 Å². The number of rotatable bonds is 6. The summed E-state index contributed by atoms with van der Waals surface area (Å²) >= 11 is 0. The molecule has 6 heteroatoms. The molecular formula is C23H27N3O3. The fourth-order valence-electron chi connectivity index (χ4n) is 4.06. The van der Waals surface area contributed by atoms with Gasteiger partial charge in [0.2, 0.25) is 5.91 Å². The second kappa shape index (κ2) is 8.55. The summed E-state index contributed by atoms with van der Waals surface area (Å²) in [6, 6.07) is 17.2. The first-order valence-electron chi connectivity index (χ1n) is 10.2. The van der Waals surface area contributed by atoms with Crippen LogP contribution >= 0.6 is 0 Å². The van der Waals surface area contributed by atoms with Crippen molar-refractivity contribution in [1.82, 2.24) is 9.80 Å². The Hall–Kier alpha value is -3.02. The van der Waals surface area contributed by atoms with Crippen LogP contribution in [0.1, 0.15) is 17.5 Å². The molecule has 0 aliphatic carbocycles. The topological polar surface area (TPSA) is 53.1 Å². The van der Waals surface area contributed by atoms with E-state index < -0.39 is 6.09 Å². The summed E-state index contributed by atoms with van der Waals surface area (Å²) in [5.74, 6) is -0.0551. The molecule has 2 heterocycles. The number of carbonyl (C=O) groups is 2. The molecule has 2 aromatic rings. The van der Waals surface area contributed by atoms with Crippen molar-refractivity contribution in [3.8, 4) is 0 Å². The lowest BCUT2D eigenvalue weighted by Crippen LogP contribution is -2.39. The Labute approximate surface area is 171 Å². The molecule has 29 heavy (non-hydrogen) atoms. The quantitative estimate of drug-likeness (QED) is 0.756. The highest BCUT2D eigenvalue weighted by molar-refractivity contribution is 5.82. The van der Waals surface area contributed by atoms with Crippen molar-refractivity contribution in [3.05, 3.63) is 59.7 Å². The fourth-order valence-corrected chi connectivity index (χ4v) is 4.06. The minimum absolute atomic E-state index is 0.0551. The zero-order valence-corrected chi connectivity index (χ0v) is 16.8. The van der Waals surface area contributed by atoms with Crippen LogP contribution in [0.25, 0.3) is 0 Å². The molecule has 2 aliphatic heterocycles. The van der Waals surface area contributed by atoms with E-state index in [4.69, 9.17) is 4.74 Å². The standard InChI is InChI=1S/C23H27N3O3/c1-24(22(27)17-25-15-16-29-23(25)28)13-6-14-26-20-9-4-2-7-18(20)11-12-19-8-3-5-10-21(19)26/h2-5,7-10H,6,11-17H2,1H3. The van der Waals surface area contributed by atoms with Crippen LogP contribution in [0.15, 0.2) is 48.5 Å². The summed E-state index contributed by atoms with van der Waals surface area (Å²) in [6.07, 6.45) is 2.52. The number of cyclic esters (lactones) is 1. The van der Waals surface area contributed by atoms with Crippen LogP contribution in [0, 0.1) is 0 Å². The average Bonchev–Trinajstić information content (AvgIpc) is 3.06. The van der Waals surface area contributed by atoms with Crippen molar-refractivity contribution in [1.29, 1.82) is 0 Å². The lowest BCUT2D eigenvalue weighted by molar-refractivity contribution is -0.130. The number of hydrogen-bond acceptors (Lipinski definition) is 4. The van der Waals surface area contributed by atoms with Crippen LogP contribution < -0.4 is 4.90 Å². The van der Waals surface area contributed by atoms with Crippen LogP contribution in [0.3, 0.4) is 0 Å². The normalized spacial score (nSPS) is 15.4. The predicted octanol–water partition coefficient (Wildman–Crippen LogP) is 3.22. The molecule has 6 nitrogen and oxygen atoms in total. The Morgan fingerprint density at radius 3 is 2.24 bits per heavy atom. The molecule has 1 fully saturated rings. The van der Waals surface area contributed by atoms with Crippen LogP contribution in [-0.4, -0.2) is 61.6 Å². The number of nitrogens with zero attached hydrogens (tertiary/aromatic N) is 3. The minimum Gasteiger partial charge on any atom is -0.448 e. The maximum absolute atomic E-state index is 12.4. The summed E-state index contributed by atoms with van der Waals surface area (Å²) in [5, 5.41) is 0. The van der Waals surface area contributed by atoms with Crippen LogP contribution in [0.5, 0.6) is 0 Å². The highest BCUT2D eigenvalue weighted by Crippen LogP contribution is 2.35. The van der Waals surface area contributed by atoms with E-state index in [1.165, 1.54) is 27.4 Å². The van der Waals surface area contributed by atoms with Crippen molar-refractivity contribution in [2.45, 2.75) is 19.3 Å². The van der Waals surface area contributed by atoms with Gasteiger partial charge in [-0.3, -0.25) is 9.69 Å². The first-order chi connectivity index (χ1) is 14.1. The third-order valence-electron chi connectivity index (χ3n) is 5.70. The monoisotopic (exact) mass is 393 g/mol. The number of para-hydroxylation sites is 2. The minimum atomic E-state index is -0.399.